The van der Waals surface area contributed by atoms with E-state index in [1.165, 1.54) is 12.7 Å². The van der Waals surface area contributed by atoms with Gasteiger partial charge in [-0.1, -0.05) is 61.6 Å². The number of ether oxygens (including phenoxy) is 1. The van der Waals surface area contributed by atoms with Gasteiger partial charge in [0.2, 0.25) is 0 Å². The summed E-state index contributed by atoms with van der Waals surface area (Å²) in [5, 5.41) is 9.99. The molecule has 0 aromatic rings. The second kappa shape index (κ2) is 12.7. The minimum absolute atomic E-state index is 0.0152. The molecule has 1 aliphatic rings. The summed E-state index contributed by atoms with van der Waals surface area (Å²) in [6, 6.07) is 0. The van der Waals surface area contributed by atoms with E-state index >= 15 is 0 Å². The lowest BCUT2D eigenvalue weighted by Gasteiger charge is -2.09. The Kier molecular flexibility index (Phi) is 10.5. The van der Waals surface area contributed by atoms with Crippen molar-refractivity contribution >= 4 is 5.97 Å². The fraction of sp³-hybridized carbons (Fsp3) is 0.300. The van der Waals surface area contributed by atoms with Crippen molar-refractivity contribution in [3.63, 3.8) is 0 Å². The maximum absolute atomic E-state index is 11.4. The lowest BCUT2D eigenvalue weighted by Crippen LogP contribution is -2.11. The molecule has 3 heteroatoms. The smallest absolute Gasteiger partial charge is 0.331 e. The molecule has 0 amide bonds. The number of aliphatic hydroxyl groups is 1. The minimum atomic E-state index is -0.518. The van der Waals surface area contributed by atoms with E-state index in [-0.39, 0.29) is 5.92 Å². The monoisotopic (exact) mass is 313 g/mol. The third kappa shape index (κ3) is 10.5. The van der Waals surface area contributed by atoms with Crippen molar-refractivity contribution in [2.24, 2.45) is 5.92 Å². The van der Waals surface area contributed by atoms with E-state index in [1.54, 1.807) is 24.3 Å². The zero-order valence-corrected chi connectivity index (χ0v) is 13.5. The van der Waals surface area contributed by atoms with Crippen molar-refractivity contribution < 1.29 is 14.6 Å². The van der Waals surface area contributed by atoms with Gasteiger partial charge >= 0.3 is 5.97 Å². The number of rotatable bonds is 0. The molecule has 0 bridgehead atoms. The molecule has 1 rings (SSSR count). The molecule has 0 unspecified atom stereocenters. The van der Waals surface area contributed by atoms with Gasteiger partial charge in [-0.25, -0.2) is 4.79 Å². The number of esters is 1. The van der Waals surface area contributed by atoms with Crippen molar-refractivity contribution in [1.29, 1.82) is 0 Å². The van der Waals surface area contributed by atoms with Gasteiger partial charge in [-0.2, -0.15) is 0 Å². The highest BCUT2D eigenvalue weighted by molar-refractivity contribution is 5.82. The van der Waals surface area contributed by atoms with Crippen LogP contribution in [-0.4, -0.2) is 17.2 Å². The summed E-state index contributed by atoms with van der Waals surface area (Å²) in [5.41, 5.74) is 0. The van der Waals surface area contributed by atoms with Crippen molar-refractivity contribution in [2.75, 3.05) is 0 Å². The Labute approximate surface area is 139 Å². The summed E-state index contributed by atoms with van der Waals surface area (Å²) in [6.07, 6.45) is 23.9. The second-order valence-electron chi connectivity index (χ2n) is 5.18. The van der Waals surface area contributed by atoms with E-state index in [0.29, 0.717) is 6.42 Å². The van der Waals surface area contributed by atoms with Crippen LogP contribution in [0.25, 0.3) is 0 Å². The summed E-state index contributed by atoms with van der Waals surface area (Å²) in [6.45, 7) is 3.44. The number of carbonyl (C=O) groups excluding carboxylic acids is 1. The first-order valence-corrected chi connectivity index (χ1v) is 7.90. The van der Waals surface area contributed by atoms with Crippen molar-refractivity contribution in [2.45, 2.75) is 32.3 Å². The highest BCUT2D eigenvalue weighted by atomic mass is 16.5. The van der Waals surface area contributed by atoms with Gasteiger partial charge < -0.3 is 9.84 Å². The molecule has 123 valence electrons. The van der Waals surface area contributed by atoms with Crippen LogP contribution in [0.15, 0.2) is 60.8 Å². The molecule has 0 aromatic heterocycles. The summed E-state index contributed by atoms with van der Waals surface area (Å²) in [7, 11) is 0. The summed E-state index contributed by atoms with van der Waals surface area (Å²) in [4.78, 5) is 11.4. The summed E-state index contributed by atoms with van der Waals surface area (Å²) < 4.78 is 4.95. The second-order valence-corrected chi connectivity index (χ2v) is 5.18. The topological polar surface area (TPSA) is 46.5 Å². The standard InChI is InChI=1S/C20H25O3/c1-18-14-10-7-8-12-16-20(22)23-17-13-9-5-3-2-4-6-11-15-19(18)21/h4-12,14-19,21H,2-3,13H2,1H3/b6-4-,8-7-,14-10-,15-11-,16-12-/t18-,19-/m1/s1. The lowest BCUT2D eigenvalue weighted by molar-refractivity contribution is -0.134. The van der Waals surface area contributed by atoms with Gasteiger partial charge in [-0.3, -0.25) is 0 Å². The first kappa shape index (κ1) is 19.2. The highest BCUT2D eigenvalue weighted by Crippen LogP contribution is 2.07. The van der Waals surface area contributed by atoms with Crippen LogP contribution < -0.4 is 0 Å². The van der Waals surface area contributed by atoms with E-state index in [1.807, 2.05) is 37.6 Å². The van der Waals surface area contributed by atoms with Crippen LogP contribution in [-0.2, 0) is 9.53 Å². The predicted octanol–water partition coefficient (Wildman–Crippen LogP) is 4.06. The molecule has 0 saturated carbocycles. The first-order valence-electron chi connectivity index (χ1n) is 7.90. The molecule has 2 atom stereocenters. The van der Waals surface area contributed by atoms with Crippen LogP contribution in [0.2, 0.25) is 0 Å². The normalized spacial score (nSPS) is 32.2. The molecule has 1 aliphatic heterocycles. The van der Waals surface area contributed by atoms with E-state index in [4.69, 9.17) is 4.74 Å². The number of cyclic esters (lactones) is 1. The van der Waals surface area contributed by atoms with Crippen LogP contribution in [0, 0.1) is 25.4 Å². The molecule has 0 saturated heterocycles. The van der Waals surface area contributed by atoms with Gasteiger partial charge in [0.1, 0.15) is 6.61 Å². The van der Waals surface area contributed by atoms with Crippen molar-refractivity contribution in [1.82, 2.24) is 0 Å². The first-order chi connectivity index (χ1) is 11.2. The van der Waals surface area contributed by atoms with Crippen LogP contribution in [0.4, 0.5) is 0 Å². The Morgan fingerprint density at radius 1 is 1.00 bits per heavy atom. The largest absolute Gasteiger partial charge is 0.455 e. The molecular weight excluding hydrogens is 288 g/mol. The van der Waals surface area contributed by atoms with Crippen LogP contribution >= 0.6 is 0 Å². The average molecular weight is 313 g/mol. The Balaban J connectivity index is 2.59. The van der Waals surface area contributed by atoms with Crippen molar-refractivity contribution in [3.8, 4) is 0 Å². The van der Waals surface area contributed by atoms with Gasteiger partial charge in [0.05, 0.1) is 6.10 Å². The van der Waals surface area contributed by atoms with E-state index < -0.39 is 12.1 Å². The number of hydrogen-bond donors (Lipinski definition) is 1. The third-order valence-electron chi connectivity index (χ3n) is 3.17. The van der Waals surface area contributed by atoms with Crippen LogP contribution in [0.3, 0.4) is 0 Å². The molecule has 0 aromatic carbocycles. The zero-order chi connectivity index (χ0) is 16.8. The average Bonchev–Trinajstić information content (AvgIpc) is 2.54. The molecule has 3 nitrogen and oxygen atoms in total. The molecule has 3 radical (unpaired) electrons. The maximum atomic E-state index is 11.4. The van der Waals surface area contributed by atoms with E-state index in [0.717, 1.165) is 12.8 Å². The lowest BCUT2D eigenvalue weighted by atomic mass is 10.0. The number of carbonyl (C=O) groups is 1. The van der Waals surface area contributed by atoms with E-state index in [2.05, 4.69) is 12.5 Å². The molecule has 23 heavy (non-hydrogen) atoms. The van der Waals surface area contributed by atoms with Crippen molar-refractivity contribution in [3.05, 3.63) is 80.2 Å². The molecular formula is C20H25O3. The summed E-state index contributed by atoms with van der Waals surface area (Å²) in [5.74, 6) is -0.375. The number of aliphatic hydroxyl groups excluding tert-OH is 1. The van der Waals surface area contributed by atoms with Crippen LogP contribution in [0.5, 0.6) is 0 Å². The van der Waals surface area contributed by atoms with Gasteiger partial charge in [-0.15, -0.1) is 0 Å². The molecule has 0 spiro atoms. The Bertz CT molecular complexity index is 469. The van der Waals surface area contributed by atoms with Crippen LogP contribution in [0.1, 0.15) is 26.2 Å². The predicted molar refractivity (Wildman–Crippen MR) is 93.7 cm³/mol. The molecule has 1 N–H and O–H groups in total. The minimum Gasteiger partial charge on any atom is -0.455 e. The summed E-state index contributed by atoms with van der Waals surface area (Å²) >= 11 is 0. The van der Waals surface area contributed by atoms with Gasteiger partial charge in [0.25, 0.3) is 0 Å². The quantitative estimate of drug-likeness (QED) is 0.686. The number of hydrogen-bond acceptors (Lipinski definition) is 3. The Morgan fingerprint density at radius 3 is 2.65 bits per heavy atom. The Morgan fingerprint density at radius 2 is 1.78 bits per heavy atom. The number of allylic oxidation sites excluding steroid dienone is 7. The molecule has 0 fully saturated rings. The molecule has 0 aliphatic carbocycles. The molecule has 1 heterocycles. The van der Waals surface area contributed by atoms with Gasteiger partial charge in [-0.05, 0) is 32.1 Å². The van der Waals surface area contributed by atoms with Gasteiger partial charge in [0, 0.05) is 12.0 Å². The highest BCUT2D eigenvalue weighted by Gasteiger charge is 2.05. The third-order valence-corrected chi connectivity index (χ3v) is 3.17. The Hall–Kier alpha value is -1.87. The van der Waals surface area contributed by atoms with Gasteiger partial charge in [0.15, 0.2) is 0 Å². The maximum Gasteiger partial charge on any atom is 0.331 e. The van der Waals surface area contributed by atoms with E-state index in [9.17, 15) is 9.90 Å². The fourth-order valence-corrected chi connectivity index (χ4v) is 1.78. The fourth-order valence-electron chi connectivity index (χ4n) is 1.78. The zero-order valence-electron chi connectivity index (χ0n) is 13.5. The SMILES string of the molecule is C[C@@H]1\C=C/C=C\C=C/C(=O)O[CH]C[CH][CH]CC/C=C\C=C/[C@H]1O.